The van der Waals surface area contributed by atoms with Crippen molar-refractivity contribution in [2.75, 3.05) is 6.61 Å². The Balaban J connectivity index is 2.64. The van der Waals surface area contributed by atoms with Gasteiger partial charge in [-0.2, -0.15) is 0 Å². The Hall–Kier alpha value is -0.570. The van der Waals surface area contributed by atoms with E-state index < -0.39 is 0 Å². The first kappa shape index (κ1) is 14.5. The van der Waals surface area contributed by atoms with Gasteiger partial charge in [0, 0.05) is 23.7 Å². The van der Waals surface area contributed by atoms with Crippen LogP contribution in [0.25, 0.3) is 0 Å². The number of unbranched alkanes of at least 4 members (excludes halogenated alkanes) is 1. The van der Waals surface area contributed by atoms with Gasteiger partial charge < -0.3 is 10.4 Å². The summed E-state index contributed by atoms with van der Waals surface area (Å²) in [5.74, 6) is 0. The normalized spacial score (nSPS) is 13.0. The average Bonchev–Trinajstić information content (AvgIpc) is 2.28. The minimum absolute atomic E-state index is 0.273. The summed E-state index contributed by atoms with van der Waals surface area (Å²) < 4.78 is 0. The Morgan fingerprint density at radius 2 is 1.82 bits per heavy atom. The number of rotatable bonds is 7. The number of halogens is 1. The van der Waals surface area contributed by atoms with E-state index in [1.807, 2.05) is 12.1 Å². The highest BCUT2D eigenvalue weighted by molar-refractivity contribution is 6.30. The van der Waals surface area contributed by atoms with Crippen LogP contribution < -0.4 is 5.32 Å². The highest BCUT2D eigenvalue weighted by Crippen LogP contribution is 2.21. The van der Waals surface area contributed by atoms with Crippen molar-refractivity contribution in [1.29, 1.82) is 0 Å². The third-order valence-electron chi connectivity index (χ3n) is 2.71. The molecule has 0 amide bonds. The summed E-state index contributed by atoms with van der Waals surface area (Å²) in [4.78, 5) is 0. The van der Waals surface area contributed by atoms with Crippen LogP contribution in [0.4, 0.5) is 0 Å². The van der Waals surface area contributed by atoms with Crippen LogP contribution in [0, 0.1) is 0 Å². The molecule has 1 aromatic rings. The maximum absolute atomic E-state index is 8.83. The van der Waals surface area contributed by atoms with Crippen molar-refractivity contribution in [3.8, 4) is 0 Å². The molecule has 96 valence electrons. The molecular formula is C14H22ClNO. The Morgan fingerprint density at radius 1 is 1.18 bits per heavy atom. The lowest BCUT2D eigenvalue weighted by atomic mass is 10.0. The van der Waals surface area contributed by atoms with Gasteiger partial charge in [-0.05, 0) is 37.0 Å². The second-order valence-corrected chi connectivity index (χ2v) is 5.08. The molecule has 2 N–H and O–H groups in total. The molecule has 0 bridgehead atoms. The van der Waals surface area contributed by atoms with Gasteiger partial charge in [0.15, 0.2) is 0 Å². The maximum atomic E-state index is 8.83. The third kappa shape index (κ3) is 5.53. The van der Waals surface area contributed by atoms with E-state index in [-0.39, 0.29) is 6.61 Å². The largest absolute Gasteiger partial charge is 0.396 e. The van der Waals surface area contributed by atoms with E-state index >= 15 is 0 Å². The van der Waals surface area contributed by atoms with Gasteiger partial charge in [-0.15, -0.1) is 0 Å². The zero-order valence-corrected chi connectivity index (χ0v) is 11.4. The summed E-state index contributed by atoms with van der Waals surface area (Å²) >= 11 is 5.90. The first-order valence-electron chi connectivity index (χ1n) is 6.26. The van der Waals surface area contributed by atoms with Crippen LogP contribution in [0.3, 0.4) is 0 Å². The number of hydrogen-bond acceptors (Lipinski definition) is 2. The number of aliphatic hydroxyl groups excluding tert-OH is 1. The second kappa shape index (κ2) is 7.70. The number of hydrogen-bond donors (Lipinski definition) is 2. The van der Waals surface area contributed by atoms with E-state index in [9.17, 15) is 0 Å². The predicted octanol–water partition coefficient (Wildman–Crippen LogP) is 3.54. The summed E-state index contributed by atoms with van der Waals surface area (Å²) in [5.41, 5.74) is 1.26. The van der Waals surface area contributed by atoms with Gasteiger partial charge in [0.05, 0.1) is 0 Å². The summed E-state index contributed by atoms with van der Waals surface area (Å²) in [7, 11) is 0. The van der Waals surface area contributed by atoms with Gasteiger partial charge in [0.25, 0.3) is 0 Å². The van der Waals surface area contributed by atoms with Crippen LogP contribution in [0.15, 0.2) is 24.3 Å². The monoisotopic (exact) mass is 255 g/mol. The van der Waals surface area contributed by atoms with Crippen molar-refractivity contribution in [1.82, 2.24) is 5.32 Å². The topological polar surface area (TPSA) is 32.3 Å². The maximum Gasteiger partial charge on any atom is 0.0431 e. The van der Waals surface area contributed by atoms with Gasteiger partial charge in [-0.1, -0.05) is 37.6 Å². The molecule has 2 nitrogen and oxygen atoms in total. The minimum Gasteiger partial charge on any atom is -0.396 e. The molecule has 0 aliphatic rings. The molecule has 0 saturated carbocycles. The molecule has 0 aliphatic carbocycles. The minimum atomic E-state index is 0.273. The fourth-order valence-electron chi connectivity index (χ4n) is 1.90. The molecule has 0 spiro atoms. The Labute approximate surface area is 109 Å². The number of nitrogens with one attached hydrogen (secondary N) is 1. The lowest BCUT2D eigenvalue weighted by Gasteiger charge is -2.21. The lowest BCUT2D eigenvalue weighted by molar-refractivity contribution is 0.278. The summed E-state index contributed by atoms with van der Waals surface area (Å²) in [5, 5.41) is 13.2. The average molecular weight is 256 g/mol. The second-order valence-electron chi connectivity index (χ2n) is 4.64. The molecule has 0 aromatic heterocycles. The van der Waals surface area contributed by atoms with E-state index in [4.69, 9.17) is 16.7 Å². The Bertz CT molecular complexity index is 311. The standard InChI is InChI=1S/C14H22ClNO/c1-11(2)16-14(5-3-4-10-17)12-6-8-13(15)9-7-12/h6-9,11,14,16-17H,3-5,10H2,1-2H3. The van der Waals surface area contributed by atoms with Gasteiger partial charge in [-0.3, -0.25) is 0 Å². The SMILES string of the molecule is CC(C)NC(CCCCO)c1ccc(Cl)cc1. The molecule has 0 fully saturated rings. The molecule has 17 heavy (non-hydrogen) atoms. The van der Waals surface area contributed by atoms with E-state index in [0.29, 0.717) is 12.1 Å². The number of aliphatic hydroxyl groups is 1. The van der Waals surface area contributed by atoms with Crippen molar-refractivity contribution < 1.29 is 5.11 Å². The molecule has 1 rings (SSSR count). The highest BCUT2D eigenvalue weighted by Gasteiger charge is 2.11. The molecule has 0 aliphatic heterocycles. The predicted molar refractivity (Wildman–Crippen MR) is 73.4 cm³/mol. The van der Waals surface area contributed by atoms with Crippen molar-refractivity contribution in [3.63, 3.8) is 0 Å². The Kier molecular flexibility index (Phi) is 6.56. The fourth-order valence-corrected chi connectivity index (χ4v) is 2.03. The summed E-state index contributed by atoms with van der Waals surface area (Å²) in [6.07, 6.45) is 2.94. The summed E-state index contributed by atoms with van der Waals surface area (Å²) in [6, 6.07) is 8.79. The van der Waals surface area contributed by atoms with Crippen molar-refractivity contribution in [2.24, 2.45) is 0 Å². The lowest BCUT2D eigenvalue weighted by Crippen LogP contribution is -2.28. The molecular weight excluding hydrogens is 234 g/mol. The van der Waals surface area contributed by atoms with Crippen molar-refractivity contribution in [2.45, 2.75) is 45.2 Å². The molecule has 3 heteroatoms. The van der Waals surface area contributed by atoms with Crippen LogP contribution in [0.5, 0.6) is 0 Å². The Morgan fingerprint density at radius 3 is 2.35 bits per heavy atom. The zero-order chi connectivity index (χ0) is 12.7. The zero-order valence-electron chi connectivity index (χ0n) is 10.6. The van der Waals surface area contributed by atoms with Crippen molar-refractivity contribution >= 4 is 11.6 Å². The third-order valence-corrected chi connectivity index (χ3v) is 2.96. The van der Waals surface area contributed by atoms with Crippen molar-refractivity contribution in [3.05, 3.63) is 34.9 Å². The van der Waals surface area contributed by atoms with E-state index in [0.717, 1.165) is 24.3 Å². The molecule has 1 atom stereocenters. The summed E-state index contributed by atoms with van der Waals surface area (Å²) in [6.45, 7) is 4.57. The van der Waals surface area contributed by atoms with Gasteiger partial charge >= 0.3 is 0 Å². The van der Waals surface area contributed by atoms with Crippen LogP contribution in [0.2, 0.25) is 5.02 Å². The first-order valence-corrected chi connectivity index (χ1v) is 6.63. The van der Waals surface area contributed by atoms with Crippen LogP contribution in [-0.2, 0) is 0 Å². The highest BCUT2D eigenvalue weighted by atomic mass is 35.5. The van der Waals surface area contributed by atoms with Gasteiger partial charge in [0.1, 0.15) is 0 Å². The molecule has 1 unspecified atom stereocenters. The van der Waals surface area contributed by atoms with Gasteiger partial charge in [0.2, 0.25) is 0 Å². The molecule has 0 radical (unpaired) electrons. The molecule has 0 heterocycles. The number of benzene rings is 1. The first-order chi connectivity index (χ1) is 8.13. The van der Waals surface area contributed by atoms with Gasteiger partial charge in [-0.25, -0.2) is 0 Å². The van der Waals surface area contributed by atoms with Crippen LogP contribution in [-0.4, -0.2) is 17.8 Å². The van der Waals surface area contributed by atoms with E-state index in [1.54, 1.807) is 0 Å². The molecule has 1 aromatic carbocycles. The van der Waals surface area contributed by atoms with E-state index in [2.05, 4.69) is 31.3 Å². The van der Waals surface area contributed by atoms with Crippen LogP contribution >= 0.6 is 11.6 Å². The quantitative estimate of drug-likeness (QED) is 0.731. The van der Waals surface area contributed by atoms with E-state index in [1.165, 1.54) is 5.56 Å². The fraction of sp³-hybridized carbons (Fsp3) is 0.571. The molecule has 0 saturated heterocycles. The van der Waals surface area contributed by atoms with Crippen LogP contribution in [0.1, 0.15) is 44.7 Å². The smallest absolute Gasteiger partial charge is 0.0431 e.